The number of esters is 1. The second-order valence-corrected chi connectivity index (χ2v) is 12.1. The molecule has 0 fully saturated rings. The molecule has 4 nitrogen and oxygen atoms in total. The van der Waals surface area contributed by atoms with Gasteiger partial charge in [0.05, 0.1) is 18.9 Å². The Bertz CT molecular complexity index is 571. The van der Waals surface area contributed by atoms with Gasteiger partial charge in [-0.25, -0.2) is 0 Å². The molecule has 0 rings (SSSR count). The number of allylic oxidation sites excluding steroid dienone is 2. The minimum atomic E-state index is -0.918. The van der Waals surface area contributed by atoms with Crippen LogP contribution in [0, 0.1) is 5.92 Å². The van der Waals surface area contributed by atoms with Crippen molar-refractivity contribution in [2.45, 2.75) is 194 Å². The van der Waals surface area contributed by atoms with Crippen molar-refractivity contribution in [1.29, 1.82) is 0 Å². The molecular formula is C36H68O4. The van der Waals surface area contributed by atoms with E-state index in [9.17, 15) is 9.59 Å². The highest BCUT2D eigenvalue weighted by Gasteiger charge is 2.22. The van der Waals surface area contributed by atoms with Gasteiger partial charge in [0.25, 0.3) is 0 Å². The molecule has 0 saturated heterocycles. The van der Waals surface area contributed by atoms with E-state index in [1.165, 1.54) is 148 Å². The highest BCUT2D eigenvalue weighted by Crippen LogP contribution is 2.18. The van der Waals surface area contributed by atoms with E-state index in [0.717, 1.165) is 19.3 Å². The number of rotatable bonds is 32. The Balaban J connectivity index is 3.36. The summed E-state index contributed by atoms with van der Waals surface area (Å²) in [5.41, 5.74) is 0. The van der Waals surface area contributed by atoms with Crippen LogP contribution in [0.5, 0.6) is 0 Å². The SMILES string of the molecule is CCCCCCCCCCCCCCCC/C=C/CCCCCCCCCCCC(CC(=O)O)C(=O)OCCC. The van der Waals surface area contributed by atoms with Crippen LogP contribution in [0.3, 0.4) is 0 Å². The van der Waals surface area contributed by atoms with Crippen molar-refractivity contribution in [3.8, 4) is 0 Å². The summed E-state index contributed by atoms with van der Waals surface area (Å²) in [7, 11) is 0. The third kappa shape index (κ3) is 29.7. The summed E-state index contributed by atoms with van der Waals surface area (Å²) in [6.07, 6.45) is 39.5. The molecule has 0 aromatic rings. The Morgan fingerprint density at radius 2 is 0.925 bits per heavy atom. The average molecular weight is 565 g/mol. The number of carbonyl (C=O) groups excluding carboxylic acids is 1. The van der Waals surface area contributed by atoms with Crippen molar-refractivity contribution in [3.63, 3.8) is 0 Å². The molecule has 0 aromatic carbocycles. The first-order chi connectivity index (χ1) is 19.6. The summed E-state index contributed by atoms with van der Waals surface area (Å²) in [5.74, 6) is -1.75. The topological polar surface area (TPSA) is 63.6 Å². The molecule has 0 aliphatic carbocycles. The van der Waals surface area contributed by atoms with Gasteiger partial charge >= 0.3 is 11.9 Å². The van der Waals surface area contributed by atoms with Crippen LogP contribution >= 0.6 is 0 Å². The molecule has 1 N–H and O–H groups in total. The van der Waals surface area contributed by atoms with Crippen molar-refractivity contribution in [3.05, 3.63) is 12.2 Å². The zero-order chi connectivity index (χ0) is 29.4. The number of carbonyl (C=O) groups is 2. The summed E-state index contributed by atoms with van der Waals surface area (Å²) in [6, 6.07) is 0. The van der Waals surface area contributed by atoms with E-state index in [-0.39, 0.29) is 12.4 Å². The maximum Gasteiger partial charge on any atom is 0.309 e. The Hall–Kier alpha value is -1.32. The maximum absolute atomic E-state index is 12.0. The zero-order valence-electron chi connectivity index (χ0n) is 26.9. The third-order valence-corrected chi connectivity index (χ3v) is 8.02. The molecule has 1 atom stereocenters. The summed E-state index contributed by atoms with van der Waals surface area (Å²) >= 11 is 0. The average Bonchev–Trinajstić information content (AvgIpc) is 2.94. The maximum atomic E-state index is 12.0. The van der Waals surface area contributed by atoms with Crippen LogP contribution in [0.1, 0.15) is 194 Å². The van der Waals surface area contributed by atoms with Crippen LogP contribution in [0.4, 0.5) is 0 Å². The molecule has 0 saturated carbocycles. The van der Waals surface area contributed by atoms with E-state index in [1.807, 2.05) is 6.92 Å². The smallest absolute Gasteiger partial charge is 0.309 e. The van der Waals surface area contributed by atoms with Gasteiger partial charge in [-0.3, -0.25) is 9.59 Å². The first-order valence-electron chi connectivity index (χ1n) is 17.6. The van der Waals surface area contributed by atoms with Crippen LogP contribution in [-0.4, -0.2) is 23.7 Å². The lowest BCUT2D eigenvalue weighted by Gasteiger charge is -2.13. The van der Waals surface area contributed by atoms with Gasteiger partial charge in [0.15, 0.2) is 0 Å². The lowest BCUT2D eigenvalue weighted by Crippen LogP contribution is -2.21. The van der Waals surface area contributed by atoms with Crippen LogP contribution < -0.4 is 0 Å². The number of carboxylic acid groups (broad SMARTS) is 1. The van der Waals surface area contributed by atoms with Gasteiger partial charge in [0, 0.05) is 0 Å². The van der Waals surface area contributed by atoms with Gasteiger partial charge in [-0.15, -0.1) is 0 Å². The Labute approximate surface area is 249 Å². The highest BCUT2D eigenvalue weighted by atomic mass is 16.5. The van der Waals surface area contributed by atoms with Crippen LogP contribution in [0.15, 0.2) is 12.2 Å². The highest BCUT2D eigenvalue weighted by molar-refractivity contribution is 5.79. The second-order valence-electron chi connectivity index (χ2n) is 12.1. The zero-order valence-corrected chi connectivity index (χ0v) is 26.9. The van der Waals surface area contributed by atoms with Crippen LogP contribution in [-0.2, 0) is 14.3 Å². The minimum absolute atomic E-state index is 0.114. The van der Waals surface area contributed by atoms with Gasteiger partial charge in [-0.05, 0) is 38.5 Å². The van der Waals surface area contributed by atoms with E-state index in [0.29, 0.717) is 13.0 Å². The summed E-state index contributed by atoms with van der Waals surface area (Å²) in [4.78, 5) is 23.1. The van der Waals surface area contributed by atoms with Gasteiger partial charge in [-0.1, -0.05) is 161 Å². The lowest BCUT2D eigenvalue weighted by molar-refractivity contribution is -0.153. The van der Waals surface area contributed by atoms with Crippen molar-refractivity contribution in [2.24, 2.45) is 5.92 Å². The van der Waals surface area contributed by atoms with Crippen LogP contribution in [0.25, 0.3) is 0 Å². The van der Waals surface area contributed by atoms with Gasteiger partial charge in [0.2, 0.25) is 0 Å². The van der Waals surface area contributed by atoms with E-state index >= 15 is 0 Å². The Kier molecular flexibility index (Phi) is 31.1. The fourth-order valence-corrected chi connectivity index (χ4v) is 5.42. The number of hydrogen-bond donors (Lipinski definition) is 1. The van der Waals surface area contributed by atoms with E-state index in [4.69, 9.17) is 9.84 Å². The molecule has 0 aliphatic heterocycles. The molecule has 0 spiro atoms. The minimum Gasteiger partial charge on any atom is -0.481 e. The second kappa shape index (κ2) is 32.2. The molecule has 4 heteroatoms. The van der Waals surface area contributed by atoms with Crippen molar-refractivity contribution in [2.75, 3.05) is 6.61 Å². The largest absolute Gasteiger partial charge is 0.481 e. The number of hydrogen-bond acceptors (Lipinski definition) is 3. The quantitative estimate of drug-likeness (QED) is 0.0501. The first kappa shape index (κ1) is 38.7. The molecule has 236 valence electrons. The van der Waals surface area contributed by atoms with Crippen molar-refractivity contribution in [1.82, 2.24) is 0 Å². The third-order valence-electron chi connectivity index (χ3n) is 8.02. The van der Waals surface area contributed by atoms with E-state index in [1.54, 1.807) is 0 Å². The Morgan fingerprint density at radius 3 is 1.30 bits per heavy atom. The summed E-state index contributed by atoms with van der Waals surface area (Å²) < 4.78 is 5.16. The number of carboxylic acids is 1. The predicted molar refractivity (Wildman–Crippen MR) is 172 cm³/mol. The number of unbranched alkanes of at least 4 members (excludes halogenated alkanes) is 23. The molecular weight excluding hydrogens is 496 g/mol. The summed E-state index contributed by atoms with van der Waals surface area (Å²) in [5, 5.41) is 9.05. The molecule has 0 heterocycles. The number of ether oxygens (including phenoxy) is 1. The molecule has 40 heavy (non-hydrogen) atoms. The fraction of sp³-hybridized carbons (Fsp3) is 0.889. The first-order valence-corrected chi connectivity index (χ1v) is 17.6. The molecule has 0 aliphatic rings. The molecule has 0 radical (unpaired) electrons. The summed E-state index contributed by atoms with van der Waals surface area (Å²) in [6.45, 7) is 4.61. The van der Waals surface area contributed by atoms with Crippen LogP contribution in [0.2, 0.25) is 0 Å². The van der Waals surface area contributed by atoms with Gasteiger partial charge in [0.1, 0.15) is 0 Å². The standard InChI is InChI=1S/C36H68O4/c1-3-5-6-7-8-9-10-11-12-13-14-15-16-17-18-19-20-21-22-23-24-25-26-27-28-29-30-31-34(33-35(37)38)36(39)40-32-4-2/h19-20,34H,3-18,21-33H2,1-2H3,(H,37,38)/b20-19+. The number of aliphatic carboxylic acids is 1. The van der Waals surface area contributed by atoms with Crippen molar-refractivity contribution >= 4 is 11.9 Å². The Morgan fingerprint density at radius 1 is 0.550 bits per heavy atom. The normalized spacial score (nSPS) is 12.2. The monoisotopic (exact) mass is 565 g/mol. The van der Waals surface area contributed by atoms with Crippen molar-refractivity contribution < 1.29 is 19.4 Å². The molecule has 0 amide bonds. The molecule has 1 unspecified atom stereocenters. The lowest BCUT2D eigenvalue weighted by atomic mass is 9.97. The van der Waals surface area contributed by atoms with Gasteiger partial charge in [-0.2, -0.15) is 0 Å². The predicted octanol–water partition coefficient (Wildman–Crippen LogP) is 11.7. The molecule has 0 aromatic heterocycles. The molecule has 0 bridgehead atoms. The van der Waals surface area contributed by atoms with Gasteiger partial charge < -0.3 is 9.84 Å². The fourth-order valence-electron chi connectivity index (χ4n) is 5.42. The van der Waals surface area contributed by atoms with E-state index < -0.39 is 11.9 Å². The van der Waals surface area contributed by atoms with E-state index in [2.05, 4.69) is 19.1 Å².